The van der Waals surface area contributed by atoms with E-state index in [1.807, 2.05) is 0 Å². The van der Waals surface area contributed by atoms with Crippen LogP contribution in [0.3, 0.4) is 0 Å². The zero-order valence-electron chi connectivity index (χ0n) is 9.22. The van der Waals surface area contributed by atoms with Gasteiger partial charge in [0.2, 0.25) is 0 Å². The number of hydrogen-bond donors (Lipinski definition) is 1. The number of benzene rings is 1. The van der Waals surface area contributed by atoms with Crippen LogP contribution in [0.4, 0.5) is 4.39 Å². The Morgan fingerprint density at radius 1 is 1.22 bits per heavy atom. The Morgan fingerprint density at radius 2 is 2.11 bits per heavy atom. The topological polar surface area (TPSA) is 58.6 Å². The third-order valence-electron chi connectivity index (χ3n) is 2.61. The molecule has 0 aliphatic rings. The first kappa shape index (κ1) is 10.6. The van der Waals surface area contributed by atoms with Crippen LogP contribution in [0.25, 0.3) is 22.2 Å². The third-order valence-corrected chi connectivity index (χ3v) is 2.61. The molecule has 0 radical (unpaired) electrons. The molecule has 0 bridgehead atoms. The van der Waals surface area contributed by atoms with Crippen molar-refractivity contribution >= 4 is 10.9 Å². The van der Waals surface area contributed by atoms with Gasteiger partial charge < -0.3 is 4.98 Å². The van der Waals surface area contributed by atoms with E-state index in [9.17, 15) is 9.18 Å². The lowest BCUT2D eigenvalue weighted by molar-refractivity contribution is 0.630. The lowest BCUT2D eigenvalue weighted by Gasteiger charge is -2.05. The maximum Gasteiger partial charge on any atom is 0.266 e. The summed E-state index contributed by atoms with van der Waals surface area (Å²) in [6, 6.07) is 6.24. The lowest BCUT2D eigenvalue weighted by Crippen LogP contribution is -2.06. The molecule has 0 amide bonds. The molecule has 0 spiro atoms. The molecule has 3 aromatic rings. The van der Waals surface area contributed by atoms with Crippen molar-refractivity contribution in [2.75, 3.05) is 0 Å². The summed E-state index contributed by atoms with van der Waals surface area (Å²) in [7, 11) is 0. The Hall–Kier alpha value is -2.56. The van der Waals surface area contributed by atoms with E-state index in [-0.39, 0.29) is 11.4 Å². The van der Waals surface area contributed by atoms with Gasteiger partial charge in [0.1, 0.15) is 5.82 Å². The van der Waals surface area contributed by atoms with Crippen molar-refractivity contribution in [2.45, 2.75) is 0 Å². The minimum absolute atomic E-state index is 0.333. The van der Waals surface area contributed by atoms with Gasteiger partial charge in [0.25, 0.3) is 5.56 Å². The molecule has 2 aromatic heterocycles. The van der Waals surface area contributed by atoms with Gasteiger partial charge in [0.05, 0.1) is 23.6 Å². The van der Waals surface area contributed by atoms with Crippen LogP contribution in [0, 0.1) is 5.82 Å². The van der Waals surface area contributed by atoms with Crippen molar-refractivity contribution in [3.05, 3.63) is 59.0 Å². The average molecular weight is 241 g/mol. The van der Waals surface area contributed by atoms with Crippen LogP contribution < -0.4 is 5.56 Å². The van der Waals surface area contributed by atoms with Gasteiger partial charge in [0, 0.05) is 17.1 Å². The second kappa shape index (κ2) is 4.03. The SMILES string of the molecule is O=c1cncc(-c2cc(F)cc3cccnc23)[nH]1. The minimum atomic E-state index is -0.379. The molecule has 0 aliphatic heterocycles. The van der Waals surface area contributed by atoms with Crippen LogP contribution in [-0.2, 0) is 0 Å². The van der Waals surface area contributed by atoms with Crippen LogP contribution >= 0.6 is 0 Å². The van der Waals surface area contributed by atoms with E-state index in [0.717, 1.165) is 0 Å². The predicted octanol–water partition coefficient (Wildman–Crippen LogP) is 2.12. The smallest absolute Gasteiger partial charge is 0.266 e. The standard InChI is InChI=1S/C13H8FN3O/c14-9-4-8-2-1-3-16-13(8)10(5-9)11-6-15-7-12(18)17-11/h1-7H,(H,17,18). The van der Waals surface area contributed by atoms with E-state index in [1.165, 1.54) is 24.5 Å². The van der Waals surface area contributed by atoms with Gasteiger partial charge in [0.15, 0.2) is 0 Å². The number of aromatic nitrogens is 3. The normalized spacial score (nSPS) is 10.7. The number of hydrogen-bond acceptors (Lipinski definition) is 3. The highest BCUT2D eigenvalue weighted by Crippen LogP contribution is 2.25. The number of pyridine rings is 1. The minimum Gasteiger partial charge on any atom is -0.319 e. The Labute approximate surface area is 101 Å². The van der Waals surface area contributed by atoms with Gasteiger partial charge >= 0.3 is 0 Å². The first-order valence-electron chi connectivity index (χ1n) is 5.33. The van der Waals surface area contributed by atoms with Crippen molar-refractivity contribution in [3.63, 3.8) is 0 Å². The molecular weight excluding hydrogens is 233 g/mol. The highest BCUT2D eigenvalue weighted by molar-refractivity contribution is 5.92. The van der Waals surface area contributed by atoms with Crippen LogP contribution in [0.15, 0.2) is 47.7 Å². The van der Waals surface area contributed by atoms with Crippen LogP contribution in [0.2, 0.25) is 0 Å². The molecule has 2 heterocycles. The summed E-state index contributed by atoms with van der Waals surface area (Å²) < 4.78 is 13.5. The Kier molecular flexibility index (Phi) is 2.37. The summed E-state index contributed by atoms with van der Waals surface area (Å²) in [4.78, 5) is 21.9. The van der Waals surface area contributed by atoms with Gasteiger partial charge in [-0.25, -0.2) is 4.39 Å². The molecule has 3 rings (SSSR count). The first-order valence-corrected chi connectivity index (χ1v) is 5.33. The summed E-state index contributed by atoms with van der Waals surface area (Å²) in [5.41, 5.74) is 1.27. The number of halogens is 1. The van der Waals surface area contributed by atoms with E-state index >= 15 is 0 Å². The molecule has 0 unspecified atom stereocenters. The fraction of sp³-hybridized carbons (Fsp3) is 0. The summed E-state index contributed by atoms with van der Waals surface area (Å²) in [6.07, 6.45) is 4.26. The maximum absolute atomic E-state index is 13.5. The average Bonchev–Trinajstić information content (AvgIpc) is 2.37. The summed E-state index contributed by atoms with van der Waals surface area (Å²) in [6.45, 7) is 0. The highest BCUT2D eigenvalue weighted by Gasteiger charge is 2.08. The first-order chi connectivity index (χ1) is 8.74. The Bertz CT molecular complexity index is 782. The number of aromatic amines is 1. The number of nitrogens with one attached hydrogen (secondary N) is 1. The monoisotopic (exact) mass is 241 g/mol. The molecule has 4 nitrogen and oxygen atoms in total. The second-order valence-electron chi connectivity index (χ2n) is 3.84. The van der Waals surface area contributed by atoms with Crippen LogP contribution in [0.1, 0.15) is 0 Å². The summed E-state index contributed by atoms with van der Waals surface area (Å²) in [5, 5.41) is 0.678. The van der Waals surface area contributed by atoms with E-state index in [2.05, 4.69) is 15.0 Å². The van der Waals surface area contributed by atoms with Gasteiger partial charge in [-0.05, 0) is 18.2 Å². The second-order valence-corrected chi connectivity index (χ2v) is 3.84. The number of nitrogens with zero attached hydrogens (tertiary/aromatic N) is 2. The molecule has 0 aliphatic carbocycles. The fourth-order valence-electron chi connectivity index (χ4n) is 1.87. The van der Waals surface area contributed by atoms with E-state index in [0.29, 0.717) is 22.2 Å². The molecule has 5 heteroatoms. The van der Waals surface area contributed by atoms with Crippen molar-refractivity contribution in [1.29, 1.82) is 0 Å². The molecule has 1 aromatic carbocycles. The maximum atomic E-state index is 13.5. The molecule has 1 N–H and O–H groups in total. The summed E-state index contributed by atoms with van der Waals surface area (Å²) in [5.74, 6) is -0.379. The van der Waals surface area contributed by atoms with E-state index < -0.39 is 0 Å². The fourth-order valence-corrected chi connectivity index (χ4v) is 1.87. The number of H-pyrrole nitrogens is 1. The van der Waals surface area contributed by atoms with E-state index in [4.69, 9.17) is 0 Å². The van der Waals surface area contributed by atoms with Gasteiger partial charge in [-0.15, -0.1) is 0 Å². The summed E-state index contributed by atoms with van der Waals surface area (Å²) >= 11 is 0. The predicted molar refractivity (Wildman–Crippen MR) is 65.6 cm³/mol. The lowest BCUT2D eigenvalue weighted by atomic mass is 10.1. The van der Waals surface area contributed by atoms with E-state index in [1.54, 1.807) is 18.3 Å². The number of rotatable bonds is 1. The molecular formula is C13H8FN3O. The van der Waals surface area contributed by atoms with Crippen molar-refractivity contribution in [3.8, 4) is 11.3 Å². The molecule has 0 saturated heterocycles. The van der Waals surface area contributed by atoms with Crippen molar-refractivity contribution in [2.24, 2.45) is 0 Å². The molecule has 88 valence electrons. The van der Waals surface area contributed by atoms with Gasteiger partial charge in [-0.2, -0.15) is 0 Å². The van der Waals surface area contributed by atoms with Crippen LogP contribution in [-0.4, -0.2) is 15.0 Å². The molecule has 0 atom stereocenters. The van der Waals surface area contributed by atoms with Crippen molar-refractivity contribution < 1.29 is 4.39 Å². The third kappa shape index (κ3) is 1.75. The zero-order valence-corrected chi connectivity index (χ0v) is 9.22. The molecule has 0 saturated carbocycles. The number of fused-ring (bicyclic) bond motifs is 1. The van der Waals surface area contributed by atoms with Crippen LogP contribution in [0.5, 0.6) is 0 Å². The van der Waals surface area contributed by atoms with Crippen molar-refractivity contribution in [1.82, 2.24) is 15.0 Å². The van der Waals surface area contributed by atoms with Gasteiger partial charge in [-0.1, -0.05) is 6.07 Å². The largest absolute Gasteiger partial charge is 0.319 e. The zero-order chi connectivity index (χ0) is 12.5. The molecule has 0 fully saturated rings. The molecule has 18 heavy (non-hydrogen) atoms. The quantitative estimate of drug-likeness (QED) is 0.710. The Morgan fingerprint density at radius 3 is 2.94 bits per heavy atom. The Balaban J connectivity index is 2.38. The highest BCUT2D eigenvalue weighted by atomic mass is 19.1. The van der Waals surface area contributed by atoms with Gasteiger partial charge in [-0.3, -0.25) is 14.8 Å².